The Morgan fingerprint density at radius 3 is 2.37 bits per heavy atom. The molecular formula is C13H16BrNO4. The molecule has 1 aliphatic heterocycles. The molecule has 1 aliphatic rings. The van der Waals surface area contributed by atoms with Gasteiger partial charge < -0.3 is 19.5 Å². The molecule has 0 bridgehead atoms. The zero-order valence-corrected chi connectivity index (χ0v) is 12.4. The summed E-state index contributed by atoms with van der Waals surface area (Å²) in [5.41, 5.74) is 0.971. The number of carbonyl (C=O) groups is 1. The summed E-state index contributed by atoms with van der Waals surface area (Å²) in [5, 5.41) is 9.26. The van der Waals surface area contributed by atoms with E-state index in [1.54, 1.807) is 26.4 Å². The van der Waals surface area contributed by atoms with Crippen LogP contribution in [-0.2, 0) is 9.47 Å². The Morgan fingerprint density at radius 2 is 1.89 bits per heavy atom. The Labute approximate surface area is 120 Å². The van der Waals surface area contributed by atoms with Crippen LogP contribution in [0.5, 0.6) is 0 Å². The van der Waals surface area contributed by atoms with Crippen LogP contribution in [0.4, 0.5) is 5.69 Å². The van der Waals surface area contributed by atoms with Gasteiger partial charge in [-0.2, -0.15) is 0 Å². The number of ether oxygens (including phenoxy) is 2. The van der Waals surface area contributed by atoms with Gasteiger partial charge >= 0.3 is 5.97 Å². The molecule has 0 spiro atoms. The summed E-state index contributed by atoms with van der Waals surface area (Å²) in [5.74, 6) is -0.933. The summed E-state index contributed by atoms with van der Waals surface area (Å²) in [6.07, 6.45) is -0.101. The second kappa shape index (κ2) is 5.90. The summed E-state index contributed by atoms with van der Waals surface area (Å²) in [6, 6.07) is 5.14. The highest BCUT2D eigenvalue weighted by atomic mass is 79.9. The van der Waals surface area contributed by atoms with Crippen molar-refractivity contribution < 1.29 is 19.4 Å². The standard InChI is InChI=1S/C13H16BrNO4/c1-18-11-6-15(7-12(11)19-2)10-5-8(14)3-4-9(10)13(16)17/h3-5,11-12H,6-7H2,1-2H3,(H,16,17). The quantitative estimate of drug-likeness (QED) is 0.915. The van der Waals surface area contributed by atoms with Gasteiger partial charge in [-0.25, -0.2) is 4.79 Å². The first-order chi connectivity index (χ1) is 9.06. The van der Waals surface area contributed by atoms with Crippen molar-refractivity contribution in [3.63, 3.8) is 0 Å². The molecule has 1 aromatic rings. The van der Waals surface area contributed by atoms with Crippen molar-refractivity contribution >= 4 is 27.6 Å². The van der Waals surface area contributed by atoms with E-state index in [0.717, 1.165) is 4.47 Å². The van der Waals surface area contributed by atoms with E-state index in [1.807, 2.05) is 11.0 Å². The minimum Gasteiger partial charge on any atom is -0.478 e. The second-order valence-electron chi connectivity index (χ2n) is 4.42. The van der Waals surface area contributed by atoms with Crippen LogP contribution >= 0.6 is 15.9 Å². The first-order valence-electron chi connectivity index (χ1n) is 5.90. The molecule has 1 heterocycles. The van der Waals surface area contributed by atoms with Gasteiger partial charge in [-0.3, -0.25) is 0 Å². The molecule has 5 nitrogen and oxygen atoms in total. The Kier molecular flexibility index (Phi) is 4.44. The van der Waals surface area contributed by atoms with E-state index in [0.29, 0.717) is 18.8 Å². The molecule has 1 saturated heterocycles. The average molecular weight is 330 g/mol. The fraction of sp³-hybridized carbons (Fsp3) is 0.462. The van der Waals surface area contributed by atoms with Crippen LogP contribution in [-0.4, -0.2) is 50.6 Å². The molecule has 0 aromatic heterocycles. The number of halogens is 1. The van der Waals surface area contributed by atoms with Gasteiger partial charge in [0.15, 0.2) is 0 Å². The zero-order valence-electron chi connectivity index (χ0n) is 10.8. The van der Waals surface area contributed by atoms with E-state index in [4.69, 9.17) is 9.47 Å². The third kappa shape index (κ3) is 2.91. The van der Waals surface area contributed by atoms with Gasteiger partial charge in [0.05, 0.1) is 11.3 Å². The molecule has 2 rings (SSSR count). The second-order valence-corrected chi connectivity index (χ2v) is 5.34. The van der Waals surface area contributed by atoms with Crippen molar-refractivity contribution in [1.82, 2.24) is 0 Å². The van der Waals surface area contributed by atoms with Crippen LogP contribution in [0, 0.1) is 0 Å². The number of methoxy groups -OCH3 is 2. The van der Waals surface area contributed by atoms with E-state index in [-0.39, 0.29) is 17.8 Å². The van der Waals surface area contributed by atoms with Gasteiger partial charge in [0.1, 0.15) is 12.2 Å². The molecule has 104 valence electrons. The predicted molar refractivity (Wildman–Crippen MR) is 74.9 cm³/mol. The SMILES string of the molecule is COC1CN(c2cc(Br)ccc2C(=O)O)CC1OC. The van der Waals surface area contributed by atoms with Crippen molar-refractivity contribution in [3.05, 3.63) is 28.2 Å². The lowest BCUT2D eigenvalue weighted by Crippen LogP contribution is -2.27. The molecule has 1 fully saturated rings. The minimum atomic E-state index is -0.933. The number of hydrogen-bond donors (Lipinski definition) is 1. The molecule has 0 saturated carbocycles. The van der Waals surface area contributed by atoms with E-state index in [1.165, 1.54) is 0 Å². The van der Waals surface area contributed by atoms with Crippen molar-refractivity contribution in [2.75, 3.05) is 32.2 Å². The lowest BCUT2D eigenvalue weighted by atomic mass is 10.1. The number of benzene rings is 1. The van der Waals surface area contributed by atoms with Gasteiger partial charge in [-0.1, -0.05) is 15.9 Å². The van der Waals surface area contributed by atoms with Crippen molar-refractivity contribution in [2.24, 2.45) is 0 Å². The van der Waals surface area contributed by atoms with Crippen LogP contribution < -0.4 is 4.90 Å². The van der Waals surface area contributed by atoms with Gasteiger partial charge in [0, 0.05) is 31.8 Å². The van der Waals surface area contributed by atoms with Crippen molar-refractivity contribution in [2.45, 2.75) is 12.2 Å². The topological polar surface area (TPSA) is 59.0 Å². The maximum atomic E-state index is 11.3. The Hall–Kier alpha value is -1.11. The van der Waals surface area contributed by atoms with Gasteiger partial charge in [-0.15, -0.1) is 0 Å². The number of nitrogens with zero attached hydrogens (tertiary/aromatic N) is 1. The molecule has 6 heteroatoms. The molecule has 1 aromatic carbocycles. The third-order valence-corrected chi connectivity index (χ3v) is 3.84. The number of rotatable bonds is 4. The molecule has 2 unspecified atom stereocenters. The molecule has 2 atom stereocenters. The monoisotopic (exact) mass is 329 g/mol. The number of carboxylic acid groups (broad SMARTS) is 1. The maximum absolute atomic E-state index is 11.3. The fourth-order valence-electron chi connectivity index (χ4n) is 2.34. The Morgan fingerprint density at radius 1 is 1.32 bits per heavy atom. The van der Waals surface area contributed by atoms with Gasteiger partial charge in [0.25, 0.3) is 0 Å². The van der Waals surface area contributed by atoms with Crippen molar-refractivity contribution in [3.8, 4) is 0 Å². The summed E-state index contributed by atoms with van der Waals surface area (Å²) in [7, 11) is 3.28. The zero-order chi connectivity index (χ0) is 14.0. The average Bonchev–Trinajstić information content (AvgIpc) is 2.81. The van der Waals surface area contributed by atoms with E-state index in [9.17, 15) is 9.90 Å². The van der Waals surface area contributed by atoms with Crippen LogP contribution in [0.2, 0.25) is 0 Å². The normalized spacial score (nSPS) is 22.8. The molecule has 19 heavy (non-hydrogen) atoms. The van der Waals surface area contributed by atoms with Crippen LogP contribution in [0.25, 0.3) is 0 Å². The van der Waals surface area contributed by atoms with E-state index >= 15 is 0 Å². The molecule has 0 amide bonds. The minimum absolute atomic E-state index is 0.0503. The lowest BCUT2D eigenvalue weighted by molar-refractivity contribution is -0.00461. The predicted octanol–water partition coefficient (Wildman–Crippen LogP) is 2.00. The van der Waals surface area contributed by atoms with Crippen LogP contribution in [0.1, 0.15) is 10.4 Å². The summed E-state index contributed by atoms with van der Waals surface area (Å²) < 4.78 is 11.6. The number of hydrogen-bond acceptors (Lipinski definition) is 4. The molecular weight excluding hydrogens is 314 g/mol. The maximum Gasteiger partial charge on any atom is 0.337 e. The summed E-state index contributed by atoms with van der Waals surface area (Å²) >= 11 is 3.37. The molecule has 0 aliphatic carbocycles. The molecule has 1 N–H and O–H groups in total. The van der Waals surface area contributed by atoms with E-state index < -0.39 is 5.97 Å². The van der Waals surface area contributed by atoms with Gasteiger partial charge in [0.2, 0.25) is 0 Å². The highest BCUT2D eigenvalue weighted by Crippen LogP contribution is 2.29. The number of anilines is 1. The van der Waals surface area contributed by atoms with Gasteiger partial charge in [-0.05, 0) is 18.2 Å². The van der Waals surface area contributed by atoms with Crippen LogP contribution in [0.3, 0.4) is 0 Å². The number of aromatic carboxylic acids is 1. The Bertz CT molecular complexity index is 468. The first-order valence-corrected chi connectivity index (χ1v) is 6.69. The highest BCUT2D eigenvalue weighted by molar-refractivity contribution is 9.10. The lowest BCUT2D eigenvalue weighted by Gasteiger charge is -2.20. The Balaban J connectivity index is 2.32. The highest BCUT2D eigenvalue weighted by Gasteiger charge is 2.34. The first kappa shape index (κ1) is 14.3. The van der Waals surface area contributed by atoms with Crippen molar-refractivity contribution in [1.29, 1.82) is 0 Å². The van der Waals surface area contributed by atoms with E-state index in [2.05, 4.69) is 15.9 Å². The largest absolute Gasteiger partial charge is 0.478 e. The smallest absolute Gasteiger partial charge is 0.337 e. The summed E-state index contributed by atoms with van der Waals surface area (Å²) in [6.45, 7) is 1.23. The number of carboxylic acids is 1. The third-order valence-electron chi connectivity index (χ3n) is 3.35. The van der Waals surface area contributed by atoms with Crippen LogP contribution in [0.15, 0.2) is 22.7 Å². The fourth-order valence-corrected chi connectivity index (χ4v) is 2.69. The molecule has 0 radical (unpaired) electrons. The summed E-state index contributed by atoms with van der Waals surface area (Å²) in [4.78, 5) is 13.3.